The van der Waals surface area contributed by atoms with Crippen molar-refractivity contribution in [3.8, 4) is 0 Å². The molecule has 0 spiro atoms. The first kappa shape index (κ1) is 20.4. The average molecular weight is 402 g/mol. The van der Waals surface area contributed by atoms with Gasteiger partial charge in [0.05, 0.1) is 28.4 Å². The van der Waals surface area contributed by atoms with Crippen LogP contribution in [0.3, 0.4) is 0 Å². The predicted octanol–water partition coefficient (Wildman–Crippen LogP) is 3.37. The van der Waals surface area contributed by atoms with E-state index in [1.165, 1.54) is 19.2 Å². The summed E-state index contributed by atoms with van der Waals surface area (Å²) < 4.78 is 18.4. The molecule has 0 aliphatic carbocycles. The summed E-state index contributed by atoms with van der Waals surface area (Å²) >= 11 is 11.8. The second-order valence-corrected chi connectivity index (χ2v) is 6.87. The van der Waals surface area contributed by atoms with E-state index in [0.29, 0.717) is 33.1 Å². The maximum atomic E-state index is 13.7. The Bertz CT molecular complexity index is 865. The lowest BCUT2D eigenvalue weighted by atomic mass is 10.1. The Morgan fingerprint density at radius 3 is 2.54 bits per heavy atom. The van der Waals surface area contributed by atoms with Crippen LogP contribution in [0.15, 0.2) is 12.1 Å². The summed E-state index contributed by atoms with van der Waals surface area (Å²) in [6.07, 6.45) is 0. The number of methoxy groups -OCH3 is 1. The fourth-order valence-electron chi connectivity index (χ4n) is 2.84. The van der Waals surface area contributed by atoms with Crippen LogP contribution in [0, 0.1) is 19.7 Å². The van der Waals surface area contributed by atoms with Crippen LogP contribution >= 0.6 is 23.2 Å². The van der Waals surface area contributed by atoms with E-state index in [0.717, 1.165) is 0 Å². The number of aromatic nitrogens is 1. The van der Waals surface area contributed by atoms with E-state index in [2.05, 4.69) is 4.98 Å². The number of nitrogens with two attached hydrogens (primary N) is 1. The number of quaternary nitrogens is 1. The normalized spacial score (nSPS) is 12.1. The molecule has 1 heterocycles. The van der Waals surface area contributed by atoms with Crippen LogP contribution in [0.4, 0.5) is 4.39 Å². The number of halogens is 3. The zero-order valence-corrected chi connectivity index (χ0v) is 16.4. The molecule has 1 atom stereocenters. The minimum atomic E-state index is -0.559. The second-order valence-electron chi connectivity index (χ2n) is 6.06. The standard InChI is InChI=1S/C18H19Cl2FN2O3/c1-8-16(18(25)26-4)10(3)23-17(8)15(24)7-22-9(2)11-5-14(21)13(20)6-12(11)19/h5-6,9,22-23H,7H2,1-4H3/p+1/t9-/m1/s1. The zero-order valence-electron chi connectivity index (χ0n) is 14.9. The van der Waals surface area contributed by atoms with E-state index < -0.39 is 11.8 Å². The number of aryl methyl sites for hydroxylation is 1. The lowest BCUT2D eigenvalue weighted by Gasteiger charge is -2.13. The van der Waals surface area contributed by atoms with E-state index in [4.69, 9.17) is 27.9 Å². The molecule has 5 nitrogen and oxygen atoms in total. The monoisotopic (exact) mass is 401 g/mol. The van der Waals surface area contributed by atoms with E-state index in [1.807, 2.05) is 6.92 Å². The van der Waals surface area contributed by atoms with Crippen molar-refractivity contribution in [3.63, 3.8) is 0 Å². The molecule has 1 aromatic carbocycles. The quantitative estimate of drug-likeness (QED) is 0.442. The number of hydrogen-bond acceptors (Lipinski definition) is 3. The highest BCUT2D eigenvalue weighted by atomic mass is 35.5. The summed E-state index contributed by atoms with van der Waals surface area (Å²) in [5.41, 5.74) is 2.41. The predicted molar refractivity (Wildman–Crippen MR) is 97.6 cm³/mol. The van der Waals surface area contributed by atoms with Gasteiger partial charge in [-0.2, -0.15) is 0 Å². The molecule has 1 aromatic heterocycles. The summed E-state index contributed by atoms with van der Waals surface area (Å²) in [5.74, 6) is -1.23. The molecule has 0 bridgehead atoms. The third-order valence-corrected chi connectivity index (χ3v) is 4.91. The number of hydrogen-bond donors (Lipinski definition) is 2. The molecule has 0 amide bonds. The van der Waals surface area contributed by atoms with Gasteiger partial charge in [0.1, 0.15) is 18.4 Å². The van der Waals surface area contributed by atoms with Gasteiger partial charge in [-0.25, -0.2) is 9.18 Å². The third kappa shape index (κ3) is 4.09. The summed E-state index contributed by atoms with van der Waals surface area (Å²) in [6, 6.07) is 2.37. The van der Waals surface area contributed by atoms with Crippen molar-refractivity contribution in [2.75, 3.05) is 13.7 Å². The number of ketones is 1. The van der Waals surface area contributed by atoms with E-state index in [1.54, 1.807) is 19.2 Å². The highest BCUT2D eigenvalue weighted by Gasteiger charge is 2.24. The van der Waals surface area contributed by atoms with Crippen LogP contribution in [0.25, 0.3) is 0 Å². The number of ether oxygens (including phenoxy) is 1. The van der Waals surface area contributed by atoms with Gasteiger partial charge >= 0.3 is 5.97 Å². The van der Waals surface area contributed by atoms with Crippen molar-refractivity contribution in [2.45, 2.75) is 26.8 Å². The molecular weight excluding hydrogens is 382 g/mol. The summed E-state index contributed by atoms with van der Waals surface area (Å²) in [7, 11) is 1.29. The van der Waals surface area contributed by atoms with Crippen LogP contribution in [-0.2, 0) is 4.74 Å². The molecule has 2 rings (SSSR count). The molecule has 0 fully saturated rings. The molecule has 0 saturated carbocycles. The highest BCUT2D eigenvalue weighted by Crippen LogP contribution is 2.27. The smallest absolute Gasteiger partial charge is 0.339 e. The molecule has 2 aromatic rings. The number of Topliss-reactive ketones (excluding diaryl/α,β-unsaturated/α-hetero) is 1. The summed E-state index contributed by atoms with van der Waals surface area (Å²) in [6.45, 7) is 5.31. The Labute approximate surface area is 160 Å². The Kier molecular flexibility index (Phi) is 6.44. The van der Waals surface area contributed by atoms with Gasteiger partial charge in [-0.1, -0.05) is 23.2 Å². The molecule has 140 valence electrons. The summed E-state index contributed by atoms with van der Waals surface area (Å²) in [4.78, 5) is 27.3. The van der Waals surface area contributed by atoms with Crippen molar-refractivity contribution in [1.82, 2.24) is 4.98 Å². The Balaban J connectivity index is 2.14. The Morgan fingerprint density at radius 2 is 1.92 bits per heavy atom. The fraction of sp³-hybridized carbons (Fsp3) is 0.333. The second kappa shape index (κ2) is 8.20. The van der Waals surface area contributed by atoms with Crippen molar-refractivity contribution < 1.29 is 24.0 Å². The van der Waals surface area contributed by atoms with Crippen LogP contribution in [0.1, 0.15) is 50.6 Å². The number of carbonyl (C=O) groups is 2. The lowest BCUT2D eigenvalue weighted by Crippen LogP contribution is -2.86. The van der Waals surface area contributed by atoms with Crippen molar-refractivity contribution in [1.29, 1.82) is 0 Å². The van der Waals surface area contributed by atoms with Gasteiger partial charge in [0, 0.05) is 11.3 Å². The summed E-state index contributed by atoms with van der Waals surface area (Å²) in [5, 5.41) is 2.03. The minimum absolute atomic E-state index is 0.0464. The number of nitrogens with one attached hydrogen (secondary N) is 1. The molecule has 0 unspecified atom stereocenters. The van der Waals surface area contributed by atoms with Crippen LogP contribution in [-0.4, -0.2) is 30.4 Å². The van der Waals surface area contributed by atoms with Crippen molar-refractivity contribution >= 4 is 35.0 Å². The molecule has 0 saturated heterocycles. The fourth-order valence-corrected chi connectivity index (χ4v) is 3.39. The molecule has 0 aliphatic rings. The first-order valence-corrected chi connectivity index (χ1v) is 8.71. The maximum absolute atomic E-state index is 13.7. The third-order valence-electron chi connectivity index (χ3n) is 4.29. The number of esters is 1. The largest absolute Gasteiger partial charge is 0.465 e. The van der Waals surface area contributed by atoms with Gasteiger partial charge in [0.25, 0.3) is 0 Å². The molecular formula is C18H20Cl2FN2O3+. The molecule has 3 N–H and O–H groups in total. The number of carbonyl (C=O) groups excluding carboxylic acids is 2. The molecule has 0 radical (unpaired) electrons. The number of aromatic amines is 1. The number of rotatable bonds is 6. The topological polar surface area (TPSA) is 75.8 Å². The van der Waals surface area contributed by atoms with Gasteiger partial charge < -0.3 is 15.0 Å². The lowest BCUT2D eigenvalue weighted by molar-refractivity contribution is -0.681. The first-order valence-electron chi connectivity index (χ1n) is 7.95. The van der Waals surface area contributed by atoms with Crippen LogP contribution in [0.5, 0.6) is 0 Å². The number of H-pyrrole nitrogens is 1. The van der Waals surface area contributed by atoms with Crippen LogP contribution in [0.2, 0.25) is 10.0 Å². The SMILES string of the molecule is COC(=O)c1c(C)[nH]c(C(=O)C[NH2+][C@H](C)c2cc(F)c(Cl)cc2Cl)c1C. The molecule has 26 heavy (non-hydrogen) atoms. The van der Waals surface area contributed by atoms with E-state index in [9.17, 15) is 14.0 Å². The molecule has 8 heteroatoms. The van der Waals surface area contributed by atoms with Gasteiger partial charge in [0.15, 0.2) is 0 Å². The maximum Gasteiger partial charge on any atom is 0.339 e. The van der Waals surface area contributed by atoms with Gasteiger partial charge in [-0.05, 0) is 38.5 Å². The zero-order chi connectivity index (χ0) is 19.6. The van der Waals surface area contributed by atoms with E-state index >= 15 is 0 Å². The Morgan fingerprint density at radius 1 is 1.27 bits per heavy atom. The van der Waals surface area contributed by atoms with Gasteiger partial charge in [0.2, 0.25) is 5.78 Å². The minimum Gasteiger partial charge on any atom is -0.465 e. The van der Waals surface area contributed by atoms with Crippen LogP contribution < -0.4 is 5.32 Å². The molecule has 0 aliphatic heterocycles. The highest BCUT2D eigenvalue weighted by molar-refractivity contribution is 6.35. The van der Waals surface area contributed by atoms with E-state index in [-0.39, 0.29) is 23.4 Å². The van der Waals surface area contributed by atoms with Crippen molar-refractivity contribution in [3.05, 3.63) is 56.1 Å². The van der Waals surface area contributed by atoms with Crippen molar-refractivity contribution in [2.24, 2.45) is 0 Å². The first-order chi connectivity index (χ1) is 12.2. The number of benzene rings is 1. The van der Waals surface area contributed by atoms with Gasteiger partial charge in [-0.3, -0.25) is 4.79 Å². The van der Waals surface area contributed by atoms with Gasteiger partial charge in [-0.15, -0.1) is 0 Å². The Hall–Kier alpha value is -1.89. The average Bonchev–Trinajstić information content (AvgIpc) is 2.89.